The molecule has 0 unspecified atom stereocenters. The van der Waals surface area contributed by atoms with Crippen LogP contribution in [0.25, 0.3) is 0 Å². The van der Waals surface area contributed by atoms with E-state index >= 15 is 0 Å². The second kappa shape index (κ2) is 6.20. The predicted octanol–water partition coefficient (Wildman–Crippen LogP) is 2.73. The van der Waals surface area contributed by atoms with E-state index in [1.165, 1.54) is 17.0 Å². The van der Waals surface area contributed by atoms with Gasteiger partial charge < -0.3 is 4.90 Å². The molecule has 1 amide bonds. The average Bonchev–Trinajstić information content (AvgIpc) is 2.45. The van der Waals surface area contributed by atoms with Crippen molar-refractivity contribution in [1.29, 1.82) is 0 Å². The van der Waals surface area contributed by atoms with Crippen LogP contribution in [0.3, 0.4) is 0 Å². The number of hydrogen-bond acceptors (Lipinski definition) is 3. The van der Waals surface area contributed by atoms with Gasteiger partial charge in [-0.15, -0.1) is 0 Å². The van der Waals surface area contributed by atoms with Gasteiger partial charge in [-0.25, -0.2) is 12.8 Å². The Labute approximate surface area is 147 Å². The highest BCUT2D eigenvalue weighted by Gasteiger charge is 2.40. The quantitative estimate of drug-likeness (QED) is 0.540. The van der Waals surface area contributed by atoms with Gasteiger partial charge in [-0.3, -0.25) is 4.79 Å². The number of hydrogen-bond donors (Lipinski definition) is 0. The van der Waals surface area contributed by atoms with Crippen molar-refractivity contribution >= 4 is 38.3 Å². The standard InChI is InChI=1S/C16H13FINO3S/c17-12-4-6-14(7-5-12)23(21,22)15-9-19(10-15)16(20)11-2-1-3-13(18)8-11/h1-8,15H,9-10H2. The van der Waals surface area contributed by atoms with E-state index in [4.69, 9.17) is 0 Å². The van der Waals surface area contributed by atoms with Gasteiger partial charge in [0, 0.05) is 22.2 Å². The van der Waals surface area contributed by atoms with E-state index in [9.17, 15) is 17.6 Å². The van der Waals surface area contributed by atoms with Gasteiger partial charge in [-0.2, -0.15) is 0 Å². The summed E-state index contributed by atoms with van der Waals surface area (Å²) >= 11 is 2.12. The van der Waals surface area contributed by atoms with Crippen molar-refractivity contribution in [3.63, 3.8) is 0 Å². The number of amides is 1. The van der Waals surface area contributed by atoms with Crippen LogP contribution in [-0.2, 0) is 9.84 Å². The first kappa shape index (κ1) is 16.4. The number of rotatable bonds is 3. The molecule has 0 spiro atoms. The highest BCUT2D eigenvalue weighted by Crippen LogP contribution is 2.25. The molecule has 3 rings (SSSR count). The fourth-order valence-corrected chi connectivity index (χ4v) is 4.62. The summed E-state index contributed by atoms with van der Waals surface area (Å²) in [7, 11) is -3.54. The molecule has 7 heteroatoms. The molecule has 0 atom stereocenters. The summed E-state index contributed by atoms with van der Waals surface area (Å²) in [6, 6.07) is 11.9. The molecule has 120 valence electrons. The molecule has 1 fully saturated rings. The van der Waals surface area contributed by atoms with E-state index in [1.807, 2.05) is 6.07 Å². The lowest BCUT2D eigenvalue weighted by molar-refractivity contribution is 0.0659. The Hall–Kier alpha value is -1.48. The third kappa shape index (κ3) is 3.25. The lowest BCUT2D eigenvalue weighted by Crippen LogP contribution is -2.56. The van der Waals surface area contributed by atoms with Crippen LogP contribution in [-0.4, -0.2) is 37.6 Å². The zero-order chi connectivity index (χ0) is 16.6. The first-order chi connectivity index (χ1) is 10.9. The van der Waals surface area contributed by atoms with Crippen molar-refractivity contribution in [2.75, 3.05) is 13.1 Å². The highest BCUT2D eigenvalue weighted by atomic mass is 127. The molecule has 1 heterocycles. The molecule has 2 aromatic rings. The molecule has 0 saturated carbocycles. The van der Waals surface area contributed by atoms with Gasteiger partial charge in [0.15, 0.2) is 9.84 Å². The smallest absolute Gasteiger partial charge is 0.253 e. The molecule has 2 aromatic carbocycles. The van der Waals surface area contributed by atoms with E-state index in [1.54, 1.807) is 18.2 Å². The number of carbonyl (C=O) groups is 1. The first-order valence-electron chi connectivity index (χ1n) is 6.92. The van der Waals surface area contributed by atoms with Crippen molar-refractivity contribution in [1.82, 2.24) is 4.90 Å². The molecular formula is C16H13FINO3S. The number of carbonyl (C=O) groups excluding carboxylic acids is 1. The minimum absolute atomic E-state index is 0.0882. The molecular weight excluding hydrogens is 432 g/mol. The predicted molar refractivity (Wildman–Crippen MR) is 92.4 cm³/mol. The van der Waals surface area contributed by atoms with Crippen molar-refractivity contribution in [2.24, 2.45) is 0 Å². The Morgan fingerprint density at radius 1 is 1.13 bits per heavy atom. The summed E-state index contributed by atoms with van der Waals surface area (Å²) in [5.74, 6) is -0.651. The lowest BCUT2D eigenvalue weighted by atomic mass is 10.1. The second-order valence-electron chi connectivity index (χ2n) is 5.34. The van der Waals surface area contributed by atoms with Gasteiger partial charge in [0.2, 0.25) is 0 Å². The average molecular weight is 445 g/mol. The maximum Gasteiger partial charge on any atom is 0.253 e. The van der Waals surface area contributed by atoms with Crippen molar-refractivity contribution in [3.8, 4) is 0 Å². The zero-order valence-corrected chi connectivity index (χ0v) is 14.9. The van der Waals surface area contributed by atoms with Crippen LogP contribution in [0.4, 0.5) is 4.39 Å². The number of sulfone groups is 1. The minimum Gasteiger partial charge on any atom is -0.336 e. The summed E-state index contributed by atoms with van der Waals surface area (Å²) in [4.78, 5) is 13.9. The van der Waals surface area contributed by atoms with E-state index in [-0.39, 0.29) is 23.9 Å². The molecule has 1 aliphatic rings. The van der Waals surface area contributed by atoms with Gasteiger partial charge in [-0.05, 0) is 65.1 Å². The van der Waals surface area contributed by atoms with Crippen LogP contribution in [0.1, 0.15) is 10.4 Å². The van der Waals surface area contributed by atoms with Gasteiger partial charge in [-0.1, -0.05) is 6.07 Å². The minimum atomic E-state index is -3.54. The molecule has 23 heavy (non-hydrogen) atoms. The fourth-order valence-electron chi connectivity index (χ4n) is 2.42. The van der Waals surface area contributed by atoms with Crippen LogP contribution in [0.15, 0.2) is 53.4 Å². The van der Waals surface area contributed by atoms with Gasteiger partial charge in [0.1, 0.15) is 11.1 Å². The summed E-state index contributed by atoms with van der Waals surface area (Å²) < 4.78 is 38.7. The first-order valence-corrected chi connectivity index (χ1v) is 9.55. The summed E-state index contributed by atoms with van der Waals surface area (Å²) in [6.07, 6.45) is 0. The van der Waals surface area contributed by atoms with Crippen molar-refractivity contribution < 1.29 is 17.6 Å². The number of likely N-dealkylation sites (tertiary alicyclic amines) is 1. The summed E-state index contributed by atoms with van der Waals surface area (Å²) in [6.45, 7) is 0.314. The topological polar surface area (TPSA) is 54.5 Å². The summed E-state index contributed by atoms with van der Waals surface area (Å²) in [5, 5.41) is -0.639. The van der Waals surface area contributed by atoms with E-state index in [0.717, 1.165) is 15.7 Å². The molecule has 0 radical (unpaired) electrons. The fraction of sp³-hybridized carbons (Fsp3) is 0.188. The molecule has 0 bridgehead atoms. The third-order valence-corrected chi connectivity index (χ3v) is 6.56. The normalized spacial score (nSPS) is 15.3. The molecule has 1 aliphatic heterocycles. The van der Waals surface area contributed by atoms with Gasteiger partial charge >= 0.3 is 0 Å². The third-order valence-electron chi connectivity index (χ3n) is 3.79. The van der Waals surface area contributed by atoms with Crippen LogP contribution < -0.4 is 0 Å². The van der Waals surface area contributed by atoms with E-state index < -0.39 is 20.9 Å². The zero-order valence-electron chi connectivity index (χ0n) is 11.9. The van der Waals surface area contributed by atoms with Crippen molar-refractivity contribution in [2.45, 2.75) is 10.1 Å². The molecule has 0 N–H and O–H groups in total. The molecule has 1 saturated heterocycles. The second-order valence-corrected chi connectivity index (χ2v) is 8.82. The maximum atomic E-state index is 12.9. The Morgan fingerprint density at radius 3 is 2.39 bits per heavy atom. The highest BCUT2D eigenvalue weighted by molar-refractivity contribution is 14.1. The largest absolute Gasteiger partial charge is 0.336 e. The molecule has 4 nitrogen and oxygen atoms in total. The van der Waals surface area contributed by atoms with Crippen molar-refractivity contribution in [3.05, 3.63) is 63.5 Å². The van der Waals surface area contributed by atoms with Crippen LogP contribution in [0.5, 0.6) is 0 Å². The molecule has 0 aromatic heterocycles. The van der Waals surface area contributed by atoms with Gasteiger partial charge in [0.25, 0.3) is 5.91 Å². The van der Waals surface area contributed by atoms with E-state index in [2.05, 4.69) is 22.6 Å². The summed E-state index contributed by atoms with van der Waals surface area (Å²) in [5.41, 5.74) is 0.550. The van der Waals surface area contributed by atoms with E-state index in [0.29, 0.717) is 5.56 Å². The number of halogens is 2. The Balaban J connectivity index is 1.71. The Kier molecular flexibility index (Phi) is 4.41. The van der Waals surface area contributed by atoms with Crippen LogP contribution in [0, 0.1) is 9.39 Å². The Bertz CT molecular complexity index is 846. The van der Waals surface area contributed by atoms with Crippen LogP contribution in [0.2, 0.25) is 0 Å². The van der Waals surface area contributed by atoms with Crippen LogP contribution >= 0.6 is 22.6 Å². The SMILES string of the molecule is O=C(c1cccc(I)c1)N1CC(S(=O)(=O)c2ccc(F)cc2)C1. The number of nitrogens with zero attached hydrogens (tertiary/aromatic N) is 1. The molecule has 0 aliphatic carbocycles. The van der Waals surface area contributed by atoms with Gasteiger partial charge in [0.05, 0.1) is 4.90 Å². The number of benzene rings is 2. The lowest BCUT2D eigenvalue weighted by Gasteiger charge is -2.38. The monoisotopic (exact) mass is 445 g/mol. The maximum absolute atomic E-state index is 12.9. The Morgan fingerprint density at radius 2 is 1.78 bits per heavy atom.